The van der Waals surface area contributed by atoms with Crippen LogP contribution < -0.4 is 10.6 Å². The van der Waals surface area contributed by atoms with Crippen molar-refractivity contribution < 1.29 is 9.53 Å². The van der Waals surface area contributed by atoms with Gasteiger partial charge in [-0.2, -0.15) is 9.61 Å². The second-order valence-electron chi connectivity index (χ2n) is 10.4. The Morgan fingerprint density at radius 1 is 1.19 bits per heavy atom. The summed E-state index contributed by atoms with van der Waals surface area (Å²) in [6, 6.07) is 3.06. The quantitative estimate of drug-likeness (QED) is 0.742. The number of amides is 1. The molecule has 3 aliphatic heterocycles. The second kappa shape index (κ2) is 7.90. The van der Waals surface area contributed by atoms with Crippen LogP contribution in [0.3, 0.4) is 0 Å². The van der Waals surface area contributed by atoms with E-state index in [-0.39, 0.29) is 24.3 Å². The van der Waals surface area contributed by atoms with Gasteiger partial charge in [0, 0.05) is 47.9 Å². The molecule has 8 heteroatoms. The van der Waals surface area contributed by atoms with Crippen molar-refractivity contribution in [1.82, 2.24) is 24.8 Å². The molecule has 2 N–H and O–H groups in total. The Morgan fingerprint density at radius 3 is 2.62 bits per heavy atom. The SMILES string of the molecule is CC(C)c1cnn2c(NC3CC4CCC(C3)N4C(=O)O[C@@H]3CCNC3)cc(C3CC3)nc12. The van der Waals surface area contributed by atoms with Crippen LogP contribution in [0.25, 0.3) is 5.65 Å². The van der Waals surface area contributed by atoms with Gasteiger partial charge in [0.15, 0.2) is 5.65 Å². The topological polar surface area (TPSA) is 83.8 Å². The maximum absolute atomic E-state index is 12.9. The number of carbonyl (C=O) groups is 1. The average Bonchev–Trinajstić information content (AvgIpc) is 3.19. The standard InChI is InChI=1S/C24H34N6O2/c1-14(2)20-13-26-30-22(11-21(15-3-4-15)28-23(20)30)27-16-9-17-5-6-18(10-16)29(17)24(31)32-19-7-8-25-12-19/h11,13-19,25,27H,3-10,12H2,1-2H3/t16?,17?,18?,19-/m1/s1. The third-order valence-corrected chi connectivity index (χ3v) is 7.72. The van der Waals surface area contributed by atoms with Gasteiger partial charge >= 0.3 is 6.09 Å². The number of hydrogen-bond donors (Lipinski definition) is 2. The van der Waals surface area contributed by atoms with Gasteiger partial charge in [-0.3, -0.25) is 0 Å². The lowest BCUT2D eigenvalue weighted by molar-refractivity contribution is 0.0434. The first-order valence-corrected chi connectivity index (χ1v) is 12.4. The molecule has 5 heterocycles. The minimum absolute atomic E-state index is 0.0265. The molecule has 8 nitrogen and oxygen atoms in total. The summed E-state index contributed by atoms with van der Waals surface area (Å²) in [6.07, 6.45) is 9.31. The molecular weight excluding hydrogens is 404 g/mol. The summed E-state index contributed by atoms with van der Waals surface area (Å²) >= 11 is 0. The van der Waals surface area contributed by atoms with Crippen LogP contribution in [0.15, 0.2) is 12.3 Å². The summed E-state index contributed by atoms with van der Waals surface area (Å²) in [5.41, 5.74) is 3.38. The number of hydrogen-bond acceptors (Lipinski definition) is 6. The van der Waals surface area contributed by atoms with E-state index in [0.717, 1.165) is 56.7 Å². The normalized spacial score (nSPS) is 29.8. The average molecular weight is 439 g/mol. The van der Waals surface area contributed by atoms with Crippen molar-refractivity contribution in [2.75, 3.05) is 18.4 Å². The third kappa shape index (κ3) is 3.62. The highest BCUT2D eigenvalue weighted by Gasteiger charge is 2.45. The number of nitrogens with one attached hydrogen (secondary N) is 2. The summed E-state index contributed by atoms with van der Waals surface area (Å²) < 4.78 is 7.78. The first kappa shape index (κ1) is 20.3. The highest BCUT2D eigenvalue weighted by molar-refractivity contribution is 5.69. The van der Waals surface area contributed by atoms with Gasteiger partial charge in [-0.05, 0) is 57.4 Å². The van der Waals surface area contributed by atoms with E-state index >= 15 is 0 Å². The van der Waals surface area contributed by atoms with Crippen molar-refractivity contribution in [3.8, 4) is 0 Å². The number of anilines is 1. The Balaban J connectivity index is 1.20. The minimum Gasteiger partial charge on any atom is -0.445 e. The van der Waals surface area contributed by atoms with Crippen molar-refractivity contribution in [1.29, 1.82) is 0 Å². The molecule has 6 rings (SSSR count). The summed E-state index contributed by atoms with van der Waals surface area (Å²) in [5.74, 6) is 2.03. The molecule has 1 aliphatic carbocycles. The molecule has 4 aliphatic rings. The fourth-order valence-electron chi connectivity index (χ4n) is 5.83. The molecule has 0 radical (unpaired) electrons. The van der Waals surface area contributed by atoms with Crippen LogP contribution in [-0.2, 0) is 4.74 Å². The molecule has 32 heavy (non-hydrogen) atoms. The van der Waals surface area contributed by atoms with Gasteiger partial charge in [-0.15, -0.1) is 0 Å². The lowest BCUT2D eigenvalue weighted by atomic mass is 9.97. The molecule has 2 unspecified atom stereocenters. The number of rotatable bonds is 5. The van der Waals surface area contributed by atoms with E-state index in [1.165, 1.54) is 24.1 Å². The van der Waals surface area contributed by atoms with Gasteiger partial charge in [0.25, 0.3) is 0 Å². The van der Waals surface area contributed by atoms with Gasteiger partial charge in [-0.25, -0.2) is 9.78 Å². The van der Waals surface area contributed by atoms with E-state index in [1.807, 2.05) is 15.6 Å². The van der Waals surface area contributed by atoms with E-state index in [9.17, 15) is 4.79 Å². The molecular formula is C24H34N6O2. The Morgan fingerprint density at radius 2 is 1.97 bits per heavy atom. The van der Waals surface area contributed by atoms with E-state index < -0.39 is 0 Å². The maximum atomic E-state index is 12.9. The molecule has 1 saturated carbocycles. The number of ether oxygens (including phenoxy) is 1. The van der Waals surface area contributed by atoms with Crippen LogP contribution in [0, 0.1) is 0 Å². The maximum Gasteiger partial charge on any atom is 0.410 e. The van der Waals surface area contributed by atoms with Gasteiger partial charge < -0.3 is 20.3 Å². The number of piperidine rings is 1. The van der Waals surface area contributed by atoms with Crippen molar-refractivity contribution in [3.05, 3.63) is 23.5 Å². The second-order valence-corrected chi connectivity index (χ2v) is 10.4. The van der Waals surface area contributed by atoms with Gasteiger partial charge in [0.05, 0.1) is 6.20 Å². The minimum atomic E-state index is -0.111. The summed E-state index contributed by atoms with van der Waals surface area (Å²) in [7, 11) is 0. The predicted octanol–water partition coefficient (Wildman–Crippen LogP) is 3.64. The van der Waals surface area contributed by atoms with Crippen LogP contribution in [0.1, 0.15) is 81.9 Å². The molecule has 2 aromatic rings. The van der Waals surface area contributed by atoms with Gasteiger partial charge in [-0.1, -0.05) is 13.8 Å². The lowest BCUT2D eigenvalue weighted by Gasteiger charge is -2.39. The smallest absolute Gasteiger partial charge is 0.410 e. The van der Waals surface area contributed by atoms with Crippen molar-refractivity contribution in [2.45, 2.75) is 94.9 Å². The molecule has 0 aromatic carbocycles. The fraction of sp³-hybridized carbons (Fsp3) is 0.708. The van der Waals surface area contributed by atoms with Crippen molar-refractivity contribution in [3.63, 3.8) is 0 Å². The molecule has 2 bridgehead atoms. The Bertz CT molecular complexity index is 995. The summed E-state index contributed by atoms with van der Waals surface area (Å²) in [6.45, 7) is 6.11. The monoisotopic (exact) mass is 438 g/mol. The Hall–Kier alpha value is -2.35. The van der Waals surface area contributed by atoms with Crippen molar-refractivity contribution >= 4 is 17.6 Å². The van der Waals surface area contributed by atoms with Crippen LogP contribution in [0.4, 0.5) is 10.6 Å². The van der Waals surface area contributed by atoms with Gasteiger partial charge in [0.2, 0.25) is 0 Å². The van der Waals surface area contributed by atoms with E-state index in [4.69, 9.17) is 9.72 Å². The number of carbonyl (C=O) groups excluding carboxylic acids is 1. The zero-order valence-electron chi connectivity index (χ0n) is 19.1. The van der Waals surface area contributed by atoms with E-state index in [0.29, 0.717) is 17.9 Å². The number of aromatic nitrogens is 3. The lowest BCUT2D eigenvalue weighted by Crippen LogP contribution is -2.50. The van der Waals surface area contributed by atoms with Crippen molar-refractivity contribution in [2.24, 2.45) is 0 Å². The highest BCUT2D eigenvalue weighted by Crippen LogP contribution is 2.41. The van der Waals surface area contributed by atoms with Crippen LogP contribution in [0.5, 0.6) is 0 Å². The highest BCUT2D eigenvalue weighted by atomic mass is 16.6. The summed E-state index contributed by atoms with van der Waals surface area (Å²) in [5, 5.41) is 11.8. The van der Waals surface area contributed by atoms with Crippen LogP contribution in [-0.4, -0.2) is 62.9 Å². The molecule has 4 fully saturated rings. The molecule has 3 saturated heterocycles. The van der Waals surface area contributed by atoms with E-state index in [2.05, 4.69) is 35.6 Å². The molecule has 1 amide bonds. The largest absolute Gasteiger partial charge is 0.445 e. The van der Waals surface area contributed by atoms with Crippen LogP contribution >= 0.6 is 0 Å². The summed E-state index contributed by atoms with van der Waals surface area (Å²) in [4.78, 5) is 19.9. The van der Waals surface area contributed by atoms with Gasteiger partial charge in [0.1, 0.15) is 11.9 Å². The Kier molecular flexibility index (Phi) is 5.01. The number of fused-ring (bicyclic) bond motifs is 3. The first-order chi connectivity index (χ1) is 15.6. The van der Waals surface area contributed by atoms with E-state index in [1.54, 1.807) is 0 Å². The molecule has 2 aromatic heterocycles. The van der Waals surface area contributed by atoms with Crippen LogP contribution in [0.2, 0.25) is 0 Å². The molecule has 3 atom stereocenters. The molecule has 172 valence electrons. The fourth-order valence-corrected chi connectivity index (χ4v) is 5.83. The third-order valence-electron chi connectivity index (χ3n) is 7.72. The predicted molar refractivity (Wildman–Crippen MR) is 122 cm³/mol. The number of nitrogens with zero attached hydrogens (tertiary/aromatic N) is 4. The Labute approximate surface area is 189 Å². The first-order valence-electron chi connectivity index (χ1n) is 12.4. The molecule has 0 spiro atoms. The zero-order valence-corrected chi connectivity index (χ0v) is 19.1. The zero-order chi connectivity index (χ0) is 21.8.